The van der Waals surface area contributed by atoms with E-state index in [9.17, 15) is 0 Å². The highest BCUT2D eigenvalue weighted by molar-refractivity contribution is 5.80. The molecule has 0 saturated heterocycles. The molecule has 1 heterocycles. The highest BCUT2D eigenvalue weighted by atomic mass is 16.5. The van der Waals surface area contributed by atoms with Crippen LogP contribution in [0.3, 0.4) is 0 Å². The first kappa shape index (κ1) is 15.8. The third-order valence-electron chi connectivity index (χ3n) is 4.42. The molecule has 124 valence electrons. The van der Waals surface area contributed by atoms with Crippen molar-refractivity contribution in [3.63, 3.8) is 0 Å². The molecule has 0 aliphatic heterocycles. The zero-order chi connectivity index (χ0) is 15.9. The number of pyridine rings is 1. The van der Waals surface area contributed by atoms with Crippen molar-refractivity contribution in [2.75, 3.05) is 7.05 Å². The summed E-state index contributed by atoms with van der Waals surface area (Å²) in [5.74, 6) is 1.57. The van der Waals surface area contributed by atoms with Gasteiger partial charge in [0.25, 0.3) is 0 Å². The summed E-state index contributed by atoms with van der Waals surface area (Å²) in [7, 11) is 1.80. The zero-order valence-electron chi connectivity index (χ0n) is 13.8. The Kier molecular flexibility index (Phi) is 5.51. The molecule has 3 rings (SSSR count). The van der Waals surface area contributed by atoms with Crippen molar-refractivity contribution in [2.45, 2.75) is 57.2 Å². The lowest BCUT2D eigenvalue weighted by Crippen LogP contribution is -2.42. The van der Waals surface area contributed by atoms with Crippen molar-refractivity contribution in [3.05, 3.63) is 36.0 Å². The fourth-order valence-electron chi connectivity index (χ4n) is 3.07. The molecule has 0 amide bonds. The van der Waals surface area contributed by atoms with E-state index in [4.69, 9.17) is 4.74 Å². The van der Waals surface area contributed by atoms with E-state index in [-0.39, 0.29) is 0 Å². The SMILES string of the molecule is CN=C(NCc1ccc(OC2CCCC2)nc1)NC1CC=CC1. The number of rotatable bonds is 5. The smallest absolute Gasteiger partial charge is 0.213 e. The molecule has 0 unspecified atom stereocenters. The lowest BCUT2D eigenvalue weighted by atomic mass is 10.2. The second kappa shape index (κ2) is 7.99. The van der Waals surface area contributed by atoms with Gasteiger partial charge in [0.1, 0.15) is 6.10 Å². The Morgan fingerprint density at radius 1 is 1.26 bits per heavy atom. The molecule has 1 fully saturated rings. The van der Waals surface area contributed by atoms with Crippen LogP contribution in [0.25, 0.3) is 0 Å². The Hall–Kier alpha value is -2.04. The van der Waals surface area contributed by atoms with Crippen LogP contribution in [-0.4, -0.2) is 30.1 Å². The number of nitrogens with one attached hydrogen (secondary N) is 2. The first-order valence-electron chi connectivity index (χ1n) is 8.57. The molecule has 2 aliphatic rings. The van der Waals surface area contributed by atoms with Gasteiger partial charge in [-0.2, -0.15) is 0 Å². The average Bonchev–Trinajstić information content (AvgIpc) is 3.26. The van der Waals surface area contributed by atoms with Crippen LogP contribution < -0.4 is 15.4 Å². The summed E-state index contributed by atoms with van der Waals surface area (Å²) < 4.78 is 5.89. The minimum Gasteiger partial charge on any atom is -0.474 e. The lowest BCUT2D eigenvalue weighted by molar-refractivity contribution is 0.201. The van der Waals surface area contributed by atoms with Crippen LogP contribution in [0.15, 0.2) is 35.5 Å². The number of nitrogens with zero attached hydrogens (tertiary/aromatic N) is 2. The fraction of sp³-hybridized carbons (Fsp3) is 0.556. The summed E-state index contributed by atoms with van der Waals surface area (Å²) >= 11 is 0. The summed E-state index contributed by atoms with van der Waals surface area (Å²) in [6, 6.07) is 4.49. The molecule has 1 aromatic heterocycles. The molecule has 1 aromatic rings. The van der Waals surface area contributed by atoms with E-state index in [2.05, 4.69) is 38.8 Å². The standard InChI is InChI=1S/C18H26N4O/c1-19-18(22-15-6-2-3-7-15)21-13-14-10-11-17(20-12-14)23-16-8-4-5-9-16/h2-3,10-12,15-16H,4-9,13H2,1H3,(H2,19,21,22). The first-order valence-corrected chi connectivity index (χ1v) is 8.57. The van der Waals surface area contributed by atoms with Gasteiger partial charge in [0.15, 0.2) is 5.96 Å². The van der Waals surface area contributed by atoms with E-state index in [1.165, 1.54) is 12.8 Å². The lowest BCUT2D eigenvalue weighted by Gasteiger charge is -2.17. The minimum atomic E-state index is 0.356. The monoisotopic (exact) mass is 314 g/mol. The van der Waals surface area contributed by atoms with Gasteiger partial charge in [-0.1, -0.05) is 18.2 Å². The van der Waals surface area contributed by atoms with E-state index >= 15 is 0 Å². The van der Waals surface area contributed by atoms with Gasteiger partial charge in [-0.05, 0) is 44.1 Å². The van der Waals surface area contributed by atoms with Crippen LogP contribution >= 0.6 is 0 Å². The number of aromatic nitrogens is 1. The molecule has 0 bridgehead atoms. The molecule has 2 N–H and O–H groups in total. The number of guanidine groups is 1. The van der Waals surface area contributed by atoms with Gasteiger partial charge in [0.05, 0.1) is 0 Å². The highest BCUT2D eigenvalue weighted by Gasteiger charge is 2.16. The fourth-order valence-corrected chi connectivity index (χ4v) is 3.07. The molecule has 0 aromatic carbocycles. The number of hydrogen-bond donors (Lipinski definition) is 2. The summed E-state index contributed by atoms with van der Waals surface area (Å²) in [5.41, 5.74) is 1.12. The normalized spacial score (nSPS) is 19.3. The maximum absolute atomic E-state index is 5.89. The third kappa shape index (κ3) is 4.71. The number of hydrogen-bond acceptors (Lipinski definition) is 3. The van der Waals surface area contributed by atoms with Crippen molar-refractivity contribution in [3.8, 4) is 5.88 Å². The van der Waals surface area contributed by atoms with Crippen molar-refractivity contribution >= 4 is 5.96 Å². The van der Waals surface area contributed by atoms with Gasteiger partial charge in [-0.15, -0.1) is 0 Å². The van der Waals surface area contributed by atoms with E-state index in [1.54, 1.807) is 7.05 Å². The minimum absolute atomic E-state index is 0.356. The molecule has 0 spiro atoms. The van der Waals surface area contributed by atoms with Crippen LogP contribution in [0, 0.1) is 0 Å². The average molecular weight is 314 g/mol. The van der Waals surface area contributed by atoms with Gasteiger partial charge in [0, 0.05) is 31.9 Å². The van der Waals surface area contributed by atoms with Gasteiger partial charge in [-0.3, -0.25) is 4.99 Å². The van der Waals surface area contributed by atoms with E-state index < -0.39 is 0 Å². The molecule has 2 aliphatic carbocycles. The maximum atomic E-state index is 5.89. The summed E-state index contributed by atoms with van der Waals surface area (Å²) in [4.78, 5) is 8.69. The first-order chi connectivity index (χ1) is 11.3. The van der Waals surface area contributed by atoms with Crippen molar-refractivity contribution in [1.29, 1.82) is 0 Å². The Morgan fingerprint density at radius 2 is 2.04 bits per heavy atom. The molecule has 0 atom stereocenters. The zero-order valence-corrected chi connectivity index (χ0v) is 13.8. The molecule has 23 heavy (non-hydrogen) atoms. The van der Waals surface area contributed by atoms with Gasteiger partial charge >= 0.3 is 0 Å². The van der Waals surface area contributed by atoms with Gasteiger partial charge in [0.2, 0.25) is 5.88 Å². The molecular weight excluding hydrogens is 288 g/mol. The second-order valence-electron chi connectivity index (χ2n) is 6.24. The highest BCUT2D eigenvalue weighted by Crippen LogP contribution is 2.22. The van der Waals surface area contributed by atoms with Gasteiger partial charge < -0.3 is 15.4 Å². The molecule has 5 heteroatoms. The molecule has 5 nitrogen and oxygen atoms in total. The van der Waals surface area contributed by atoms with Gasteiger partial charge in [-0.25, -0.2) is 4.98 Å². The number of ether oxygens (including phenoxy) is 1. The van der Waals surface area contributed by atoms with E-state index in [0.29, 0.717) is 18.7 Å². The largest absolute Gasteiger partial charge is 0.474 e. The van der Waals surface area contributed by atoms with Crippen LogP contribution in [-0.2, 0) is 6.54 Å². The Bertz CT molecular complexity index is 539. The Labute approximate surface area is 138 Å². The topological polar surface area (TPSA) is 58.5 Å². The van der Waals surface area contributed by atoms with Crippen LogP contribution in [0.5, 0.6) is 5.88 Å². The van der Waals surface area contributed by atoms with Crippen LogP contribution in [0.2, 0.25) is 0 Å². The second-order valence-corrected chi connectivity index (χ2v) is 6.24. The summed E-state index contributed by atoms with van der Waals surface area (Å²) in [6.45, 7) is 0.705. The van der Waals surface area contributed by atoms with Crippen molar-refractivity contribution in [2.24, 2.45) is 4.99 Å². The third-order valence-corrected chi connectivity index (χ3v) is 4.42. The Balaban J connectivity index is 1.45. The van der Waals surface area contributed by atoms with Crippen molar-refractivity contribution < 1.29 is 4.74 Å². The quantitative estimate of drug-likeness (QED) is 0.498. The van der Waals surface area contributed by atoms with E-state index in [0.717, 1.165) is 43.1 Å². The summed E-state index contributed by atoms with van der Waals surface area (Å²) in [5, 5.41) is 6.76. The number of aliphatic imine (C=N–C) groups is 1. The Morgan fingerprint density at radius 3 is 2.70 bits per heavy atom. The summed E-state index contributed by atoms with van der Waals surface area (Å²) in [6.07, 6.45) is 13.6. The van der Waals surface area contributed by atoms with Crippen LogP contribution in [0.4, 0.5) is 0 Å². The molecule has 0 radical (unpaired) electrons. The van der Waals surface area contributed by atoms with Crippen LogP contribution in [0.1, 0.15) is 44.1 Å². The molecular formula is C18H26N4O. The van der Waals surface area contributed by atoms with E-state index in [1.807, 2.05) is 12.3 Å². The predicted octanol–water partition coefficient (Wildman–Crippen LogP) is 2.79. The maximum Gasteiger partial charge on any atom is 0.213 e. The molecule has 1 saturated carbocycles. The predicted molar refractivity (Wildman–Crippen MR) is 92.6 cm³/mol. The van der Waals surface area contributed by atoms with Crippen molar-refractivity contribution in [1.82, 2.24) is 15.6 Å².